The number of hydrogen-bond donors (Lipinski definition) is 6. The van der Waals surface area contributed by atoms with E-state index in [9.17, 15) is 34.2 Å². The van der Waals surface area contributed by atoms with E-state index < -0.39 is 53.8 Å². The summed E-state index contributed by atoms with van der Waals surface area (Å²) in [6.45, 7) is 3.77. The van der Waals surface area contributed by atoms with Gasteiger partial charge in [-0.05, 0) is 42.9 Å². The third kappa shape index (κ3) is 8.45. The van der Waals surface area contributed by atoms with Gasteiger partial charge < -0.3 is 36.6 Å². The molecule has 12 nitrogen and oxygen atoms in total. The fraction of sp³-hybridized carbons (Fsp3) is 0.560. The highest BCUT2D eigenvalue weighted by Crippen LogP contribution is 2.21. The maximum Gasteiger partial charge on any atom is 0.326 e. The average molecular weight is 521 g/mol. The number of aliphatic carboxylic acids is 2. The van der Waals surface area contributed by atoms with Crippen LogP contribution in [0.15, 0.2) is 24.3 Å². The Morgan fingerprint density at radius 2 is 1.76 bits per heavy atom. The second-order valence-electron chi connectivity index (χ2n) is 9.37. The van der Waals surface area contributed by atoms with Crippen molar-refractivity contribution in [3.63, 3.8) is 0 Å². The van der Waals surface area contributed by atoms with Crippen LogP contribution in [0.4, 0.5) is 0 Å². The van der Waals surface area contributed by atoms with Crippen LogP contribution in [0.3, 0.4) is 0 Å². The summed E-state index contributed by atoms with van der Waals surface area (Å²) in [4.78, 5) is 63.2. The van der Waals surface area contributed by atoms with Crippen LogP contribution < -0.4 is 16.4 Å². The summed E-state index contributed by atoms with van der Waals surface area (Å²) >= 11 is 0. The van der Waals surface area contributed by atoms with Gasteiger partial charge in [-0.1, -0.05) is 32.4 Å². The van der Waals surface area contributed by atoms with Crippen LogP contribution in [0.2, 0.25) is 0 Å². The summed E-state index contributed by atoms with van der Waals surface area (Å²) in [7, 11) is 0. The largest absolute Gasteiger partial charge is 0.508 e. The summed E-state index contributed by atoms with van der Waals surface area (Å²) in [5.74, 6) is -4.39. The number of carbonyl (C=O) groups is 5. The van der Waals surface area contributed by atoms with Crippen molar-refractivity contribution >= 4 is 29.7 Å². The van der Waals surface area contributed by atoms with Gasteiger partial charge in [-0.2, -0.15) is 0 Å². The molecule has 3 amide bonds. The molecule has 2 rings (SSSR count). The van der Waals surface area contributed by atoms with Gasteiger partial charge in [0.25, 0.3) is 0 Å². The van der Waals surface area contributed by atoms with Gasteiger partial charge in [-0.25, -0.2) is 4.79 Å². The SMILES string of the molecule is CCC(C)C(NC(=O)C1CCCN1C(=O)C(Cc1ccc(O)cc1)NC(=O)C(N)CCC(=O)O)C(=O)O. The van der Waals surface area contributed by atoms with Crippen LogP contribution in [0.1, 0.15) is 51.5 Å². The van der Waals surface area contributed by atoms with E-state index in [1.807, 2.05) is 6.92 Å². The standard InChI is InChI=1S/C25H36N4O8/c1-3-14(2)21(25(36)37)28-23(34)19-5-4-12-29(19)24(35)18(13-15-6-8-16(30)9-7-15)27-22(33)17(26)10-11-20(31)32/h6-9,14,17-19,21,30H,3-5,10-13,26H2,1-2H3,(H,27,33)(H,28,34)(H,31,32)(H,36,37). The number of nitrogens with zero attached hydrogens (tertiary/aromatic N) is 1. The highest BCUT2D eigenvalue weighted by molar-refractivity contribution is 5.94. The quantitative estimate of drug-likeness (QED) is 0.210. The molecule has 0 aliphatic carbocycles. The Labute approximate surface area is 215 Å². The first-order valence-electron chi connectivity index (χ1n) is 12.3. The Hall–Kier alpha value is -3.67. The van der Waals surface area contributed by atoms with Crippen molar-refractivity contribution in [2.45, 2.75) is 76.5 Å². The van der Waals surface area contributed by atoms with E-state index in [0.717, 1.165) is 0 Å². The summed E-state index contributed by atoms with van der Waals surface area (Å²) in [5.41, 5.74) is 6.45. The minimum absolute atomic E-state index is 0.0249. The molecule has 0 saturated carbocycles. The zero-order valence-electron chi connectivity index (χ0n) is 21.1. The maximum atomic E-state index is 13.6. The Morgan fingerprint density at radius 1 is 1.11 bits per heavy atom. The molecule has 7 N–H and O–H groups in total. The van der Waals surface area contributed by atoms with E-state index in [-0.39, 0.29) is 37.5 Å². The third-order valence-corrected chi connectivity index (χ3v) is 6.61. The molecule has 5 atom stereocenters. The number of carboxylic acid groups (broad SMARTS) is 2. The predicted molar refractivity (Wildman–Crippen MR) is 132 cm³/mol. The van der Waals surface area contributed by atoms with E-state index in [0.29, 0.717) is 24.8 Å². The molecule has 1 aliphatic heterocycles. The van der Waals surface area contributed by atoms with Gasteiger partial charge >= 0.3 is 11.9 Å². The van der Waals surface area contributed by atoms with Crippen LogP contribution in [-0.2, 0) is 30.4 Å². The van der Waals surface area contributed by atoms with Crippen molar-refractivity contribution in [3.05, 3.63) is 29.8 Å². The fourth-order valence-corrected chi connectivity index (χ4v) is 4.19. The van der Waals surface area contributed by atoms with E-state index in [1.54, 1.807) is 19.1 Å². The lowest BCUT2D eigenvalue weighted by Crippen LogP contribution is -2.57. The number of amides is 3. The summed E-state index contributed by atoms with van der Waals surface area (Å²) in [6.07, 6.45) is 0.980. The highest BCUT2D eigenvalue weighted by Gasteiger charge is 2.39. The van der Waals surface area contributed by atoms with E-state index in [1.165, 1.54) is 17.0 Å². The first-order valence-corrected chi connectivity index (χ1v) is 12.3. The van der Waals surface area contributed by atoms with E-state index >= 15 is 0 Å². The number of hydrogen-bond acceptors (Lipinski definition) is 7. The number of benzene rings is 1. The van der Waals surface area contributed by atoms with Gasteiger partial charge in [-0.3, -0.25) is 19.2 Å². The second-order valence-corrected chi connectivity index (χ2v) is 9.37. The lowest BCUT2D eigenvalue weighted by molar-refractivity contribution is -0.146. The molecular formula is C25H36N4O8. The zero-order valence-corrected chi connectivity index (χ0v) is 21.1. The van der Waals surface area contributed by atoms with Crippen molar-refractivity contribution in [1.82, 2.24) is 15.5 Å². The van der Waals surface area contributed by atoms with Crippen molar-refractivity contribution in [3.8, 4) is 5.75 Å². The van der Waals surface area contributed by atoms with Gasteiger partial charge in [0.2, 0.25) is 17.7 Å². The summed E-state index contributed by atoms with van der Waals surface area (Å²) in [5, 5.41) is 33.1. The van der Waals surface area contributed by atoms with Crippen molar-refractivity contribution in [2.75, 3.05) is 6.54 Å². The third-order valence-electron chi connectivity index (χ3n) is 6.61. The maximum absolute atomic E-state index is 13.6. The van der Waals surface area contributed by atoms with Gasteiger partial charge in [0.1, 0.15) is 23.9 Å². The first kappa shape index (κ1) is 29.6. The number of phenols is 1. The number of nitrogens with two attached hydrogens (primary N) is 1. The first-order chi connectivity index (χ1) is 17.4. The monoisotopic (exact) mass is 520 g/mol. The minimum atomic E-state index is -1.16. The van der Waals surface area contributed by atoms with Crippen LogP contribution in [0.25, 0.3) is 0 Å². The predicted octanol–water partition coefficient (Wildman–Crippen LogP) is 0.218. The lowest BCUT2D eigenvalue weighted by Gasteiger charge is -2.30. The molecule has 1 aromatic carbocycles. The van der Waals surface area contributed by atoms with Crippen LogP contribution in [-0.4, -0.2) is 80.6 Å². The Balaban J connectivity index is 2.23. The Bertz CT molecular complexity index is 983. The molecule has 1 saturated heterocycles. The van der Waals surface area contributed by atoms with Crippen molar-refractivity contribution in [2.24, 2.45) is 11.7 Å². The van der Waals surface area contributed by atoms with E-state index in [2.05, 4.69) is 10.6 Å². The number of rotatable bonds is 13. The molecule has 0 bridgehead atoms. The van der Waals surface area contributed by atoms with Gasteiger partial charge in [0.05, 0.1) is 6.04 Å². The molecule has 37 heavy (non-hydrogen) atoms. The summed E-state index contributed by atoms with van der Waals surface area (Å²) in [6, 6.07) is 1.76. The molecule has 1 heterocycles. The zero-order chi connectivity index (χ0) is 27.7. The molecule has 0 spiro atoms. The van der Waals surface area contributed by atoms with E-state index in [4.69, 9.17) is 10.8 Å². The number of nitrogens with one attached hydrogen (secondary N) is 2. The van der Waals surface area contributed by atoms with Gasteiger partial charge in [0, 0.05) is 19.4 Å². The fourth-order valence-electron chi connectivity index (χ4n) is 4.19. The molecule has 12 heteroatoms. The average Bonchev–Trinajstić information content (AvgIpc) is 3.35. The smallest absolute Gasteiger partial charge is 0.326 e. The normalized spacial score (nSPS) is 18.4. The van der Waals surface area contributed by atoms with Gasteiger partial charge in [0.15, 0.2) is 0 Å². The number of carboxylic acids is 2. The van der Waals surface area contributed by atoms with Crippen LogP contribution >= 0.6 is 0 Å². The molecule has 1 fully saturated rings. The topological polar surface area (TPSA) is 199 Å². The molecule has 5 unspecified atom stereocenters. The molecular weight excluding hydrogens is 484 g/mol. The number of phenolic OH excluding ortho intramolecular Hbond substituents is 1. The molecule has 0 radical (unpaired) electrons. The second kappa shape index (κ2) is 13.6. The minimum Gasteiger partial charge on any atom is -0.508 e. The number of carbonyl (C=O) groups excluding carboxylic acids is 3. The molecule has 1 aliphatic rings. The van der Waals surface area contributed by atoms with Gasteiger partial charge in [-0.15, -0.1) is 0 Å². The van der Waals surface area contributed by atoms with Crippen LogP contribution in [0.5, 0.6) is 5.75 Å². The van der Waals surface area contributed by atoms with Crippen LogP contribution in [0, 0.1) is 5.92 Å². The molecule has 1 aromatic rings. The van der Waals surface area contributed by atoms with Crippen molar-refractivity contribution in [1.29, 1.82) is 0 Å². The Kier molecular flexibility index (Phi) is 10.9. The molecule has 204 valence electrons. The number of likely N-dealkylation sites (tertiary alicyclic amines) is 1. The Morgan fingerprint density at radius 3 is 2.32 bits per heavy atom. The lowest BCUT2D eigenvalue weighted by atomic mass is 9.98. The summed E-state index contributed by atoms with van der Waals surface area (Å²) < 4.78 is 0. The van der Waals surface area contributed by atoms with Crippen molar-refractivity contribution < 1.29 is 39.3 Å². The highest BCUT2D eigenvalue weighted by atomic mass is 16.4. The molecule has 0 aromatic heterocycles. The number of aromatic hydroxyl groups is 1.